The SMILES string of the molecule is CCc1sc(NC)nc1C(C)(C)C. The van der Waals surface area contributed by atoms with E-state index in [1.807, 2.05) is 7.05 Å². The smallest absolute Gasteiger partial charge is 0.182 e. The Morgan fingerprint density at radius 2 is 2.00 bits per heavy atom. The van der Waals surface area contributed by atoms with Crippen LogP contribution in [-0.4, -0.2) is 12.0 Å². The summed E-state index contributed by atoms with van der Waals surface area (Å²) in [5.41, 5.74) is 1.40. The van der Waals surface area contributed by atoms with E-state index in [0.29, 0.717) is 0 Å². The summed E-state index contributed by atoms with van der Waals surface area (Å²) in [5, 5.41) is 4.13. The number of aromatic nitrogens is 1. The largest absolute Gasteiger partial charge is 0.365 e. The molecule has 0 saturated carbocycles. The van der Waals surface area contributed by atoms with Gasteiger partial charge in [0.25, 0.3) is 0 Å². The summed E-state index contributed by atoms with van der Waals surface area (Å²) in [6, 6.07) is 0. The van der Waals surface area contributed by atoms with E-state index in [1.165, 1.54) is 10.6 Å². The summed E-state index contributed by atoms with van der Waals surface area (Å²) in [7, 11) is 1.92. The Labute approximate surface area is 84.4 Å². The van der Waals surface area contributed by atoms with Crippen molar-refractivity contribution in [2.75, 3.05) is 12.4 Å². The van der Waals surface area contributed by atoms with Crippen LogP contribution in [0.25, 0.3) is 0 Å². The summed E-state index contributed by atoms with van der Waals surface area (Å²) in [6.07, 6.45) is 1.08. The van der Waals surface area contributed by atoms with E-state index in [4.69, 9.17) is 0 Å². The highest BCUT2D eigenvalue weighted by Crippen LogP contribution is 2.31. The van der Waals surface area contributed by atoms with Crippen molar-refractivity contribution in [1.82, 2.24) is 4.98 Å². The van der Waals surface area contributed by atoms with Crippen LogP contribution in [0.4, 0.5) is 5.13 Å². The highest BCUT2D eigenvalue weighted by molar-refractivity contribution is 7.15. The Bertz CT molecular complexity index is 284. The molecule has 1 heterocycles. The van der Waals surface area contributed by atoms with E-state index >= 15 is 0 Å². The molecule has 13 heavy (non-hydrogen) atoms. The molecule has 0 atom stereocenters. The molecule has 0 fully saturated rings. The van der Waals surface area contributed by atoms with Crippen molar-refractivity contribution in [3.63, 3.8) is 0 Å². The lowest BCUT2D eigenvalue weighted by Gasteiger charge is -2.16. The molecule has 2 nitrogen and oxygen atoms in total. The highest BCUT2D eigenvalue weighted by atomic mass is 32.1. The minimum Gasteiger partial charge on any atom is -0.365 e. The Morgan fingerprint density at radius 3 is 2.31 bits per heavy atom. The van der Waals surface area contributed by atoms with Crippen molar-refractivity contribution in [2.24, 2.45) is 0 Å². The summed E-state index contributed by atoms with van der Waals surface area (Å²) in [4.78, 5) is 5.98. The maximum atomic E-state index is 4.58. The molecule has 1 aromatic heterocycles. The molecular formula is C10H18N2S. The molecule has 0 unspecified atom stereocenters. The first-order valence-electron chi connectivity index (χ1n) is 4.67. The number of anilines is 1. The van der Waals surface area contributed by atoms with Crippen LogP contribution in [0.3, 0.4) is 0 Å². The number of aryl methyl sites for hydroxylation is 1. The van der Waals surface area contributed by atoms with Gasteiger partial charge in [0, 0.05) is 17.3 Å². The Hall–Kier alpha value is -0.570. The predicted molar refractivity (Wildman–Crippen MR) is 59.7 cm³/mol. The summed E-state index contributed by atoms with van der Waals surface area (Å²) in [6.45, 7) is 8.81. The maximum Gasteiger partial charge on any atom is 0.182 e. The monoisotopic (exact) mass is 198 g/mol. The molecule has 74 valence electrons. The van der Waals surface area contributed by atoms with Crippen molar-refractivity contribution >= 4 is 16.5 Å². The fourth-order valence-electron chi connectivity index (χ4n) is 1.28. The molecule has 0 aliphatic rings. The molecule has 0 aliphatic heterocycles. The molecule has 3 heteroatoms. The average molecular weight is 198 g/mol. The molecule has 0 aromatic carbocycles. The molecule has 0 saturated heterocycles. The van der Waals surface area contributed by atoms with Crippen LogP contribution < -0.4 is 5.32 Å². The number of hydrogen-bond acceptors (Lipinski definition) is 3. The van der Waals surface area contributed by atoms with Gasteiger partial charge in [-0.25, -0.2) is 4.98 Å². The molecule has 1 N–H and O–H groups in total. The average Bonchev–Trinajstić information content (AvgIpc) is 2.46. The third-order valence-corrected chi connectivity index (χ3v) is 3.16. The van der Waals surface area contributed by atoms with Crippen LogP contribution in [0.15, 0.2) is 0 Å². The zero-order chi connectivity index (χ0) is 10.1. The van der Waals surface area contributed by atoms with Gasteiger partial charge in [-0.1, -0.05) is 27.7 Å². The van der Waals surface area contributed by atoms with Gasteiger partial charge >= 0.3 is 0 Å². The minimum atomic E-state index is 0.164. The van der Waals surface area contributed by atoms with Crippen LogP contribution in [0.5, 0.6) is 0 Å². The van der Waals surface area contributed by atoms with E-state index < -0.39 is 0 Å². The maximum absolute atomic E-state index is 4.58. The van der Waals surface area contributed by atoms with Crippen molar-refractivity contribution in [3.8, 4) is 0 Å². The predicted octanol–water partition coefficient (Wildman–Crippen LogP) is 3.04. The van der Waals surface area contributed by atoms with Crippen molar-refractivity contribution in [3.05, 3.63) is 10.6 Å². The summed E-state index contributed by atoms with van der Waals surface area (Å²) in [5.74, 6) is 0. The van der Waals surface area contributed by atoms with Crippen molar-refractivity contribution in [2.45, 2.75) is 39.5 Å². The van der Waals surface area contributed by atoms with Gasteiger partial charge in [0.15, 0.2) is 5.13 Å². The second-order valence-corrected chi connectivity index (χ2v) is 5.23. The normalized spacial score (nSPS) is 11.8. The Kier molecular flexibility index (Phi) is 2.96. The lowest BCUT2D eigenvalue weighted by atomic mass is 9.91. The van der Waals surface area contributed by atoms with Gasteiger partial charge < -0.3 is 5.32 Å². The first-order valence-corrected chi connectivity index (χ1v) is 5.48. The van der Waals surface area contributed by atoms with Gasteiger partial charge in [-0.15, -0.1) is 11.3 Å². The fraction of sp³-hybridized carbons (Fsp3) is 0.700. The van der Waals surface area contributed by atoms with Gasteiger partial charge in [0.2, 0.25) is 0 Å². The second kappa shape index (κ2) is 3.66. The second-order valence-electron chi connectivity index (χ2n) is 4.14. The minimum absolute atomic E-state index is 0.164. The first-order chi connectivity index (χ1) is 5.99. The van der Waals surface area contributed by atoms with Crippen molar-refractivity contribution < 1.29 is 0 Å². The van der Waals surface area contributed by atoms with Crippen molar-refractivity contribution in [1.29, 1.82) is 0 Å². The summed E-state index contributed by atoms with van der Waals surface area (Å²) < 4.78 is 0. The molecule has 0 radical (unpaired) electrons. The van der Waals surface area contributed by atoms with Gasteiger partial charge in [0.1, 0.15) is 0 Å². The first kappa shape index (κ1) is 10.5. The van der Waals surface area contributed by atoms with E-state index in [0.717, 1.165) is 11.6 Å². The van der Waals surface area contributed by atoms with E-state index in [2.05, 4.69) is 38.0 Å². The van der Waals surface area contributed by atoms with Crippen LogP contribution in [-0.2, 0) is 11.8 Å². The molecule has 1 aromatic rings. The standard InChI is InChI=1S/C10H18N2S/c1-6-7-8(10(2,3)4)12-9(11-5)13-7/h6H2,1-5H3,(H,11,12). The molecule has 1 rings (SSSR count). The Balaban J connectivity index is 3.11. The fourth-order valence-corrected chi connectivity index (χ4v) is 2.35. The lowest BCUT2D eigenvalue weighted by Crippen LogP contribution is -2.13. The van der Waals surface area contributed by atoms with Gasteiger partial charge in [-0.3, -0.25) is 0 Å². The lowest BCUT2D eigenvalue weighted by molar-refractivity contribution is 0.567. The van der Waals surface area contributed by atoms with Crippen LogP contribution in [0, 0.1) is 0 Å². The topological polar surface area (TPSA) is 24.9 Å². The molecule has 0 amide bonds. The van der Waals surface area contributed by atoms with E-state index in [9.17, 15) is 0 Å². The van der Waals surface area contributed by atoms with Gasteiger partial charge in [-0.2, -0.15) is 0 Å². The number of rotatable bonds is 2. The van der Waals surface area contributed by atoms with Gasteiger partial charge in [-0.05, 0) is 6.42 Å². The third kappa shape index (κ3) is 2.21. The molecule has 0 bridgehead atoms. The highest BCUT2D eigenvalue weighted by Gasteiger charge is 2.21. The van der Waals surface area contributed by atoms with Gasteiger partial charge in [0.05, 0.1) is 5.69 Å². The third-order valence-electron chi connectivity index (χ3n) is 1.94. The quantitative estimate of drug-likeness (QED) is 0.790. The zero-order valence-corrected chi connectivity index (χ0v) is 9.88. The molecule has 0 aliphatic carbocycles. The van der Waals surface area contributed by atoms with Crippen LogP contribution in [0.2, 0.25) is 0 Å². The number of nitrogens with one attached hydrogen (secondary N) is 1. The van der Waals surface area contributed by atoms with E-state index in [-0.39, 0.29) is 5.41 Å². The number of hydrogen-bond donors (Lipinski definition) is 1. The van der Waals surface area contributed by atoms with Crippen LogP contribution in [0.1, 0.15) is 38.3 Å². The number of nitrogens with zero attached hydrogens (tertiary/aromatic N) is 1. The number of thiazole rings is 1. The van der Waals surface area contributed by atoms with E-state index in [1.54, 1.807) is 11.3 Å². The van der Waals surface area contributed by atoms with Crippen LogP contribution >= 0.6 is 11.3 Å². The molecular weight excluding hydrogens is 180 g/mol. The Morgan fingerprint density at radius 1 is 1.38 bits per heavy atom. The molecule has 0 spiro atoms. The zero-order valence-electron chi connectivity index (χ0n) is 9.06. The summed E-state index contributed by atoms with van der Waals surface area (Å²) >= 11 is 1.76.